The van der Waals surface area contributed by atoms with Crippen molar-refractivity contribution in [1.29, 1.82) is 5.26 Å². The SMILES string of the molecule is CN1C(C)(C)CC(Nc2cc(F)cnc2C#N)CC1(C)C. The molecule has 1 saturated heterocycles. The lowest BCUT2D eigenvalue weighted by molar-refractivity contribution is -0.00768. The highest BCUT2D eigenvalue weighted by atomic mass is 19.1. The third-order valence-electron chi connectivity index (χ3n) is 4.63. The van der Waals surface area contributed by atoms with Crippen molar-refractivity contribution in [2.45, 2.75) is 57.7 Å². The smallest absolute Gasteiger partial charge is 0.163 e. The van der Waals surface area contributed by atoms with Crippen LogP contribution in [0.2, 0.25) is 0 Å². The maximum Gasteiger partial charge on any atom is 0.163 e. The summed E-state index contributed by atoms with van der Waals surface area (Å²) in [6, 6.07) is 3.55. The van der Waals surface area contributed by atoms with Gasteiger partial charge in [0, 0.05) is 23.2 Å². The molecule has 0 amide bonds. The first-order valence-electron chi connectivity index (χ1n) is 7.22. The Bertz CT molecular complexity index is 556. The third-order valence-corrected chi connectivity index (χ3v) is 4.63. The van der Waals surface area contributed by atoms with E-state index in [4.69, 9.17) is 5.26 Å². The Morgan fingerprint density at radius 2 is 1.90 bits per heavy atom. The standard InChI is InChI=1S/C16H23FN4/c1-15(2)7-12(8-16(3,4)21(15)5)20-13-6-11(17)10-19-14(13)9-18/h6,10,12,20H,7-8H2,1-5H3. The molecule has 1 aliphatic rings. The molecule has 1 aliphatic heterocycles. The van der Waals surface area contributed by atoms with Gasteiger partial charge in [-0.15, -0.1) is 0 Å². The molecule has 0 bridgehead atoms. The van der Waals surface area contributed by atoms with Crippen molar-refractivity contribution >= 4 is 5.69 Å². The van der Waals surface area contributed by atoms with E-state index in [0.717, 1.165) is 19.0 Å². The van der Waals surface area contributed by atoms with Crippen LogP contribution in [0.1, 0.15) is 46.2 Å². The summed E-state index contributed by atoms with van der Waals surface area (Å²) in [5, 5.41) is 12.4. The molecule has 5 heteroatoms. The number of pyridine rings is 1. The molecule has 0 atom stereocenters. The molecule has 114 valence electrons. The molecule has 0 saturated carbocycles. The van der Waals surface area contributed by atoms with Crippen LogP contribution >= 0.6 is 0 Å². The minimum atomic E-state index is -0.428. The van der Waals surface area contributed by atoms with Gasteiger partial charge in [0.2, 0.25) is 0 Å². The molecule has 0 radical (unpaired) electrons. The Morgan fingerprint density at radius 3 is 2.43 bits per heavy atom. The molecule has 1 aromatic rings. The van der Waals surface area contributed by atoms with Crippen molar-refractivity contribution in [3.63, 3.8) is 0 Å². The van der Waals surface area contributed by atoms with E-state index in [1.807, 2.05) is 6.07 Å². The second-order valence-corrected chi connectivity index (χ2v) is 7.09. The van der Waals surface area contributed by atoms with Crippen LogP contribution in [-0.2, 0) is 0 Å². The molecule has 2 rings (SSSR count). The Labute approximate surface area is 126 Å². The summed E-state index contributed by atoms with van der Waals surface area (Å²) >= 11 is 0. The molecule has 1 aromatic heterocycles. The largest absolute Gasteiger partial charge is 0.380 e. The fraction of sp³-hybridized carbons (Fsp3) is 0.625. The van der Waals surface area contributed by atoms with Gasteiger partial charge in [0.25, 0.3) is 0 Å². The molecule has 0 spiro atoms. The molecule has 0 aromatic carbocycles. The van der Waals surface area contributed by atoms with Crippen molar-refractivity contribution in [3.05, 3.63) is 23.8 Å². The minimum absolute atomic E-state index is 0.0347. The number of hydrogen-bond acceptors (Lipinski definition) is 4. The molecule has 0 aliphatic carbocycles. The lowest BCUT2D eigenvalue weighted by Gasteiger charge is -2.53. The number of likely N-dealkylation sites (tertiary alicyclic amines) is 1. The summed E-state index contributed by atoms with van der Waals surface area (Å²) in [4.78, 5) is 6.22. The summed E-state index contributed by atoms with van der Waals surface area (Å²) in [5.74, 6) is -0.428. The van der Waals surface area contributed by atoms with Gasteiger partial charge in [-0.05, 0) is 47.6 Å². The van der Waals surface area contributed by atoms with Crippen LogP contribution in [0, 0.1) is 17.1 Å². The Hall–Kier alpha value is -1.67. The molecule has 21 heavy (non-hydrogen) atoms. The lowest BCUT2D eigenvalue weighted by atomic mass is 9.77. The third kappa shape index (κ3) is 3.16. The number of halogens is 1. The zero-order valence-electron chi connectivity index (χ0n) is 13.4. The summed E-state index contributed by atoms with van der Waals surface area (Å²) in [6.45, 7) is 8.82. The predicted molar refractivity (Wildman–Crippen MR) is 81.5 cm³/mol. The molecular formula is C16H23FN4. The van der Waals surface area contributed by atoms with Gasteiger partial charge >= 0.3 is 0 Å². The van der Waals surface area contributed by atoms with E-state index in [1.165, 1.54) is 6.07 Å². The average molecular weight is 290 g/mol. The monoisotopic (exact) mass is 290 g/mol. The number of hydrogen-bond donors (Lipinski definition) is 1. The second kappa shape index (κ2) is 5.27. The van der Waals surface area contributed by atoms with Crippen molar-refractivity contribution in [2.75, 3.05) is 12.4 Å². The molecule has 1 N–H and O–H groups in total. The molecule has 1 fully saturated rings. The van der Waals surface area contributed by atoms with Crippen molar-refractivity contribution in [3.8, 4) is 6.07 Å². The Morgan fingerprint density at radius 1 is 1.33 bits per heavy atom. The first kappa shape index (κ1) is 15.7. The van der Waals surface area contributed by atoms with E-state index in [-0.39, 0.29) is 22.8 Å². The number of nitrogens with one attached hydrogen (secondary N) is 1. The van der Waals surface area contributed by atoms with Gasteiger partial charge in [-0.1, -0.05) is 0 Å². The average Bonchev–Trinajstić information content (AvgIpc) is 2.35. The second-order valence-electron chi connectivity index (χ2n) is 7.09. The van der Waals surface area contributed by atoms with E-state index < -0.39 is 5.82 Å². The quantitative estimate of drug-likeness (QED) is 0.909. The van der Waals surface area contributed by atoms with E-state index >= 15 is 0 Å². The lowest BCUT2D eigenvalue weighted by Crippen LogP contribution is -2.61. The minimum Gasteiger partial charge on any atom is -0.380 e. The first-order chi connectivity index (χ1) is 9.65. The van der Waals surface area contributed by atoms with Crippen LogP contribution in [0.5, 0.6) is 0 Å². The van der Waals surface area contributed by atoms with E-state index in [0.29, 0.717) is 5.69 Å². The van der Waals surface area contributed by atoms with Crippen LogP contribution < -0.4 is 5.32 Å². The van der Waals surface area contributed by atoms with Crippen molar-refractivity contribution < 1.29 is 4.39 Å². The van der Waals surface area contributed by atoms with Crippen LogP contribution in [-0.4, -0.2) is 34.1 Å². The zero-order chi connectivity index (χ0) is 15.8. The Balaban J connectivity index is 2.25. The number of anilines is 1. The maximum absolute atomic E-state index is 13.4. The van der Waals surface area contributed by atoms with Gasteiger partial charge < -0.3 is 5.32 Å². The van der Waals surface area contributed by atoms with Crippen LogP contribution in [0.15, 0.2) is 12.3 Å². The van der Waals surface area contributed by atoms with Gasteiger partial charge in [0.05, 0.1) is 11.9 Å². The topological polar surface area (TPSA) is 52.0 Å². The number of piperidine rings is 1. The van der Waals surface area contributed by atoms with E-state index in [2.05, 4.69) is 49.9 Å². The zero-order valence-corrected chi connectivity index (χ0v) is 13.4. The van der Waals surface area contributed by atoms with E-state index in [9.17, 15) is 4.39 Å². The number of nitriles is 1. The highest BCUT2D eigenvalue weighted by Crippen LogP contribution is 2.38. The number of rotatable bonds is 2. The summed E-state index contributed by atoms with van der Waals surface area (Å²) in [7, 11) is 2.14. The maximum atomic E-state index is 13.4. The Kier molecular flexibility index (Phi) is 3.94. The molecular weight excluding hydrogens is 267 g/mol. The van der Waals surface area contributed by atoms with Crippen molar-refractivity contribution in [2.24, 2.45) is 0 Å². The highest BCUT2D eigenvalue weighted by Gasteiger charge is 2.43. The van der Waals surface area contributed by atoms with Gasteiger partial charge in [0.15, 0.2) is 5.69 Å². The van der Waals surface area contributed by atoms with Gasteiger partial charge in [-0.2, -0.15) is 5.26 Å². The summed E-state index contributed by atoms with van der Waals surface area (Å²) in [5.41, 5.74) is 0.796. The molecule has 4 nitrogen and oxygen atoms in total. The number of nitrogens with zero attached hydrogens (tertiary/aromatic N) is 3. The first-order valence-corrected chi connectivity index (χ1v) is 7.22. The highest BCUT2D eigenvalue weighted by molar-refractivity contribution is 5.54. The van der Waals surface area contributed by atoms with E-state index in [1.54, 1.807) is 0 Å². The van der Waals surface area contributed by atoms with Gasteiger partial charge in [-0.25, -0.2) is 9.37 Å². The normalized spacial score (nSPS) is 21.8. The molecule has 0 unspecified atom stereocenters. The van der Waals surface area contributed by atoms with Gasteiger partial charge in [0.1, 0.15) is 11.9 Å². The fourth-order valence-electron chi connectivity index (χ4n) is 3.33. The van der Waals surface area contributed by atoms with Crippen LogP contribution in [0.3, 0.4) is 0 Å². The van der Waals surface area contributed by atoms with Crippen LogP contribution in [0.25, 0.3) is 0 Å². The van der Waals surface area contributed by atoms with Gasteiger partial charge in [-0.3, -0.25) is 4.90 Å². The number of aromatic nitrogens is 1. The van der Waals surface area contributed by atoms with Crippen LogP contribution in [0.4, 0.5) is 10.1 Å². The fourth-order valence-corrected chi connectivity index (χ4v) is 3.33. The van der Waals surface area contributed by atoms with Crippen molar-refractivity contribution in [1.82, 2.24) is 9.88 Å². The molecule has 2 heterocycles. The summed E-state index contributed by atoms with van der Waals surface area (Å²) < 4.78 is 13.4. The predicted octanol–water partition coefficient (Wildman–Crippen LogP) is 3.16. The summed E-state index contributed by atoms with van der Waals surface area (Å²) in [6.07, 6.45) is 2.93.